The van der Waals surface area contributed by atoms with Gasteiger partial charge in [-0.15, -0.1) is 0 Å². The van der Waals surface area contributed by atoms with Gasteiger partial charge in [-0.1, -0.05) is 19.1 Å². The number of nitro groups is 1. The predicted molar refractivity (Wildman–Crippen MR) is 77.8 cm³/mol. The normalized spacial score (nSPS) is 11.7. The van der Waals surface area contributed by atoms with Crippen LogP contribution in [0.4, 0.5) is 5.69 Å². The smallest absolute Gasteiger partial charge is 0.269 e. The summed E-state index contributed by atoms with van der Waals surface area (Å²) in [5, 5.41) is 13.7. The number of nitro benzene ring substituents is 1. The molecule has 0 bridgehead atoms. The van der Waals surface area contributed by atoms with Crippen LogP contribution < -0.4 is 5.32 Å². The number of aromatic nitrogens is 1. The van der Waals surface area contributed by atoms with Crippen molar-refractivity contribution < 1.29 is 9.72 Å². The van der Waals surface area contributed by atoms with Crippen LogP contribution >= 0.6 is 0 Å². The van der Waals surface area contributed by atoms with Crippen LogP contribution in [0.3, 0.4) is 0 Å². The Hall–Kier alpha value is -2.76. The molecule has 0 saturated heterocycles. The van der Waals surface area contributed by atoms with Gasteiger partial charge in [0.1, 0.15) is 0 Å². The van der Waals surface area contributed by atoms with E-state index < -0.39 is 4.92 Å². The third-order valence-electron chi connectivity index (χ3n) is 3.12. The molecule has 6 heteroatoms. The molecule has 6 nitrogen and oxygen atoms in total. The number of pyridine rings is 1. The predicted octanol–water partition coefficient (Wildman–Crippen LogP) is 2.87. The lowest BCUT2D eigenvalue weighted by molar-refractivity contribution is -0.384. The Morgan fingerprint density at radius 3 is 2.81 bits per heavy atom. The van der Waals surface area contributed by atoms with Crippen LogP contribution in [-0.4, -0.2) is 15.8 Å². The maximum absolute atomic E-state index is 12.1. The maximum Gasteiger partial charge on any atom is 0.269 e. The molecular weight excluding hydrogens is 270 g/mol. The van der Waals surface area contributed by atoms with Crippen molar-refractivity contribution in [1.29, 1.82) is 0 Å². The number of non-ortho nitro benzene ring substituents is 1. The van der Waals surface area contributed by atoms with Gasteiger partial charge in [0.15, 0.2) is 0 Å². The van der Waals surface area contributed by atoms with Crippen molar-refractivity contribution in [3.63, 3.8) is 0 Å². The number of rotatable bonds is 5. The van der Waals surface area contributed by atoms with E-state index in [9.17, 15) is 14.9 Å². The van der Waals surface area contributed by atoms with Crippen LogP contribution in [0.1, 0.15) is 35.3 Å². The van der Waals surface area contributed by atoms with Gasteiger partial charge in [-0.25, -0.2) is 0 Å². The number of amides is 1. The average Bonchev–Trinajstić information content (AvgIpc) is 2.53. The van der Waals surface area contributed by atoms with E-state index in [4.69, 9.17) is 0 Å². The zero-order valence-electron chi connectivity index (χ0n) is 11.5. The lowest BCUT2D eigenvalue weighted by Gasteiger charge is -2.17. The Morgan fingerprint density at radius 1 is 1.38 bits per heavy atom. The second kappa shape index (κ2) is 6.60. The number of carbonyl (C=O) groups is 1. The van der Waals surface area contributed by atoms with Crippen molar-refractivity contribution in [3.05, 3.63) is 70.0 Å². The van der Waals surface area contributed by atoms with Gasteiger partial charge < -0.3 is 5.32 Å². The molecule has 1 amide bonds. The van der Waals surface area contributed by atoms with E-state index in [1.807, 2.05) is 6.92 Å². The molecule has 1 aromatic carbocycles. The molecule has 1 heterocycles. The largest absolute Gasteiger partial charge is 0.345 e. The second-order valence-electron chi connectivity index (χ2n) is 4.53. The first-order valence-electron chi connectivity index (χ1n) is 6.57. The quantitative estimate of drug-likeness (QED) is 0.676. The van der Waals surface area contributed by atoms with Crippen molar-refractivity contribution in [2.24, 2.45) is 0 Å². The fourth-order valence-corrected chi connectivity index (χ4v) is 2.01. The maximum atomic E-state index is 12.1. The number of benzene rings is 1. The first-order valence-corrected chi connectivity index (χ1v) is 6.57. The zero-order chi connectivity index (χ0) is 15.2. The summed E-state index contributed by atoms with van der Waals surface area (Å²) >= 11 is 0. The average molecular weight is 285 g/mol. The van der Waals surface area contributed by atoms with E-state index >= 15 is 0 Å². The Labute approximate surface area is 122 Å². The molecule has 0 fully saturated rings. The highest BCUT2D eigenvalue weighted by Gasteiger charge is 2.16. The number of hydrogen-bond donors (Lipinski definition) is 1. The first-order chi connectivity index (χ1) is 10.1. The van der Waals surface area contributed by atoms with Crippen molar-refractivity contribution in [3.8, 4) is 0 Å². The molecule has 1 aromatic heterocycles. The molecule has 21 heavy (non-hydrogen) atoms. The van der Waals surface area contributed by atoms with Gasteiger partial charge in [0.2, 0.25) is 0 Å². The summed E-state index contributed by atoms with van der Waals surface area (Å²) in [6.45, 7) is 1.91. The molecule has 0 radical (unpaired) electrons. The highest BCUT2D eigenvalue weighted by molar-refractivity contribution is 5.94. The van der Waals surface area contributed by atoms with Gasteiger partial charge in [0.05, 0.1) is 16.5 Å². The minimum absolute atomic E-state index is 0.0153. The summed E-state index contributed by atoms with van der Waals surface area (Å²) in [6, 6.07) is 9.37. The van der Waals surface area contributed by atoms with Gasteiger partial charge in [-0.3, -0.25) is 19.9 Å². The first kappa shape index (κ1) is 14.6. The fraction of sp³-hybridized carbons (Fsp3) is 0.200. The second-order valence-corrected chi connectivity index (χ2v) is 4.53. The van der Waals surface area contributed by atoms with Gasteiger partial charge in [-0.2, -0.15) is 0 Å². The SMILES string of the molecule is CC[C@@H](NC(=O)c1cccnc1)c1cccc([N+](=O)[O-])c1. The zero-order valence-corrected chi connectivity index (χ0v) is 11.5. The van der Waals surface area contributed by atoms with Gasteiger partial charge >= 0.3 is 0 Å². The Morgan fingerprint density at radius 2 is 2.19 bits per heavy atom. The minimum Gasteiger partial charge on any atom is -0.345 e. The molecule has 0 aliphatic rings. The van der Waals surface area contributed by atoms with E-state index in [2.05, 4.69) is 10.3 Å². The van der Waals surface area contributed by atoms with E-state index in [-0.39, 0.29) is 17.6 Å². The molecular formula is C15H15N3O3. The Kier molecular flexibility index (Phi) is 4.61. The monoisotopic (exact) mass is 285 g/mol. The molecule has 2 aromatic rings. The molecule has 0 unspecified atom stereocenters. The van der Waals surface area contributed by atoms with Crippen molar-refractivity contribution in [2.75, 3.05) is 0 Å². The molecule has 0 aliphatic carbocycles. The molecule has 0 aliphatic heterocycles. The molecule has 0 spiro atoms. The summed E-state index contributed by atoms with van der Waals surface area (Å²) in [4.78, 5) is 26.4. The fourth-order valence-electron chi connectivity index (χ4n) is 2.01. The summed E-state index contributed by atoms with van der Waals surface area (Å²) in [6.07, 6.45) is 3.71. The third-order valence-corrected chi connectivity index (χ3v) is 3.12. The lowest BCUT2D eigenvalue weighted by atomic mass is 10.0. The third kappa shape index (κ3) is 3.62. The van der Waals surface area contributed by atoms with Crippen LogP contribution in [0.5, 0.6) is 0 Å². The van der Waals surface area contributed by atoms with Crippen molar-refractivity contribution >= 4 is 11.6 Å². The van der Waals surface area contributed by atoms with Crippen molar-refractivity contribution in [2.45, 2.75) is 19.4 Å². The highest BCUT2D eigenvalue weighted by Crippen LogP contribution is 2.21. The van der Waals surface area contributed by atoms with E-state index in [1.165, 1.54) is 18.3 Å². The van der Waals surface area contributed by atoms with Crippen LogP contribution in [0.2, 0.25) is 0 Å². The van der Waals surface area contributed by atoms with E-state index in [0.29, 0.717) is 17.5 Å². The van der Waals surface area contributed by atoms with Crippen LogP contribution in [-0.2, 0) is 0 Å². The summed E-state index contributed by atoms with van der Waals surface area (Å²) in [5.74, 6) is -0.249. The summed E-state index contributed by atoms with van der Waals surface area (Å²) in [5.41, 5.74) is 1.19. The van der Waals surface area contributed by atoms with Gasteiger partial charge in [0, 0.05) is 24.5 Å². The Balaban J connectivity index is 2.18. The molecule has 108 valence electrons. The number of nitrogens with zero attached hydrogens (tertiary/aromatic N) is 2. The van der Waals surface area contributed by atoms with E-state index in [1.54, 1.807) is 30.5 Å². The van der Waals surface area contributed by atoms with Crippen LogP contribution in [0, 0.1) is 10.1 Å². The minimum atomic E-state index is -0.445. The molecule has 1 atom stereocenters. The molecule has 0 saturated carbocycles. The van der Waals surface area contributed by atoms with Crippen LogP contribution in [0.15, 0.2) is 48.8 Å². The number of carbonyl (C=O) groups excluding carboxylic acids is 1. The summed E-state index contributed by atoms with van der Waals surface area (Å²) in [7, 11) is 0. The van der Waals surface area contributed by atoms with Gasteiger partial charge in [-0.05, 0) is 24.1 Å². The summed E-state index contributed by atoms with van der Waals surface area (Å²) < 4.78 is 0. The molecule has 2 rings (SSSR count). The number of nitrogens with one attached hydrogen (secondary N) is 1. The van der Waals surface area contributed by atoms with E-state index in [0.717, 1.165) is 0 Å². The Bertz CT molecular complexity index is 644. The standard InChI is InChI=1S/C15H15N3O3/c1-2-14(11-5-3-7-13(9-11)18(20)21)17-15(19)12-6-4-8-16-10-12/h3-10,14H,2H2,1H3,(H,17,19)/t14-/m1/s1. The highest BCUT2D eigenvalue weighted by atomic mass is 16.6. The molecule has 1 N–H and O–H groups in total. The topological polar surface area (TPSA) is 85.1 Å². The lowest BCUT2D eigenvalue weighted by Crippen LogP contribution is -2.28. The van der Waals surface area contributed by atoms with Crippen molar-refractivity contribution in [1.82, 2.24) is 10.3 Å². The van der Waals surface area contributed by atoms with Gasteiger partial charge in [0.25, 0.3) is 11.6 Å². The van der Waals surface area contributed by atoms with Crippen LogP contribution in [0.25, 0.3) is 0 Å². The number of hydrogen-bond acceptors (Lipinski definition) is 4.